The molecule has 5 heteroatoms. The van der Waals surface area contributed by atoms with Crippen LogP contribution in [0.3, 0.4) is 0 Å². The second-order valence-electron chi connectivity index (χ2n) is 5.75. The summed E-state index contributed by atoms with van der Waals surface area (Å²) in [5, 5.41) is 0. The van der Waals surface area contributed by atoms with Gasteiger partial charge in [-0.15, -0.1) is 11.3 Å². The highest BCUT2D eigenvalue weighted by atomic mass is 79.9. The van der Waals surface area contributed by atoms with Crippen molar-refractivity contribution in [2.75, 3.05) is 32.7 Å². The lowest BCUT2D eigenvalue weighted by molar-refractivity contribution is 0.112. The summed E-state index contributed by atoms with van der Waals surface area (Å²) >= 11 is 5.35. The molecule has 1 saturated heterocycles. The van der Waals surface area contributed by atoms with Crippen LogP contribution in [0, 0.1) is 0 Å². The van der Waals surface area contributed by atoms with Gasteiger partial charge in [-0.25, -0.2) is 0 Å². The highest BCUT2D eigenvalue weighted by Gasteiger charge is 2.21. The van der Waals surface area contributed by atoms with Crippen LogP contribution in [0.15, 0.2) is 15.9 Å². The Hall–Kier alpha value is 0.0600. The van der Waals surface area contributed by atoms with Gasteiger partial charge in [-0.3, -0.25) is 9.80 Å². The molecule has 2 heterocycles. The lowest BCUT2D eigenvalue weighted by Crippen LogP contribution is -2.52. The molecule has 1 aromatic rings. The van der Waals surface area contributed by atoms with E-state index >= 15 is 0 Å². The number of hydrogen-bond donors (Lipinski definition) is 1. The molecule has 0 bridgehead atoms. The van der Waals surface area contributed by atoms with E-state index in [1.165, 1.54) is 8.66 Å². The van der Waals surface area contributed by atoms with E-state index in [0.29, 0.717) is 0 Å². The summed E-state index contributed by atoms with van der Waals surface area (Å²) in [6.45, 7) is 10.8. The van der Waals surface area contributed by atoms with Gasteiger partial charge in [0.15, 0.2) is 0 Å². The lowest BCUT2D eigenvalue weighted by Gasteiger charge is -2.37. The number of thiophene rings is 1. The minimum Gasteiger partial charge on any atom is -0.324 e. The minimum absolute atomic E-state index is 0.0826. The summed E-state index contributed by atoms with van der Waals surface area (Å²) in [5.74, 6) is 0. The molecule has 0 radical (unpaired) electrons. The van der Waals surface area contributed by atoms with Crippen molar-refractivity contribution in [3.8, 4) is 0 Å². The molecule has 0 aromatic carbocycles. The first kappa shape index (κ1) is 14.5. The second-order valence-corrected chi connectivity index (χ2v) is 8.29. The van der Waals surface area contributed by atoms with Crippen molar-refractivity contribution in [3.05, 3.63) is 20.8 Å². The molecule has 0 spiro atoms. The first-order chi connectivity index (χ1) is 8.42. The first-order valence-corrected chi connectivity index (χ1v) is 8.01. The predicted octanol–water partition coefficient (Wildman–Crippen LogP) is 2.37. The van der Waals surface area contributed by atoms with Crippen LogP contribution in [0.1, 0.15) is 18.7 Å². The number of hydrogen-bond acceptors (Lipinski definition) is 4. The molecule has 0 aliphatic carbocycles. The molecule has 18 heavy (non-hydrogen) atoms. The molecular formula is C13H22BrN3S. The van der Waals surface area contributed by atoms with Crippen molar-refractivity contribution in [1.29, 1.82) is 0 Å². The quantitative estimate of drug-likeness (QED) is 0.919. The SMILES string of the molecule is CC(C)(N)CN1CCN(Cc2ccc(Br)s2)CC1. The van der Waals surface area contributed by atoms with E-state index in [0.717, 1.165) is 39.3 Å². The fourth-order valence-corrected chi connectivity index (χ4v) is 3.86. The van der Waals surface area contributed by atoms with Crippen LogP contribution in [0.5, 0.6) is 0 Å². The van der Waals surface area contributed by atoms with Crippen LogP contribution in [-0.4, -0.2) is 48.1 Å². The van der Waals surface area contributed by atoms with Crippen molar-refractivity contribution in [3.63, 3.8) is 0 Å². The maximum absolute atomic E-state index is 6.07. The standard InChI is InChI=1S/C13H22BrN3S/c1-13(2,15)10-17-7-5-16(6-8-17)9-11-3-4-12(14)18-11/h3-4H,5-10,15H2,1-2H3. The molecular weight excluding hydrogens is 310 g/mol. The average molecular weight is 332 g/mol. The molecule has 2 rings (SSSR count). The zero-order valence-corrected chi connectivity index (χ0v) is 13.6. The van der Waals surface area contributed by atoms with Gasteiger partial charge in [0, 0.05) is 49.7 Å². The maximum atomic E-state index is 6.07. The third-order valence-corrected chi connectivity index (χ3v) is 4.71. The number of nitrogens with zero attached hydrogens (tertiary/aromatic N) is 2. The van der Waals surface area contributed by atoms with E-state index in [-0.39, 0.29) is 5.54 Å². The third-order valence-electron chi connectivity index (χ3n) is 3.10. The Kier molecular flexibility index (Phi) is 4.83. The Morgan fingerprint density at radius 1 is 1.22 bits per heavy atom. The Morgan fingerprint density at radius 3 is 2.33 bits per heavy atom. The van der Waals surface area contributed by atoms with Crippen LogP contribution in [-0.2, 0) is 6.54 Å². The maximum Gasteiger partial charge on any atom is 0.0701 e. The first-order valence-electron chi connectivity index (χ1n) is 6.40. The molecule has 0 saturated carbocycles. The molecule has 1 fully saturated rings. The average Bonchev–Trinajstić information content (AvgIpc) is 2.65. The summed E-state index contributed by atoms with van der Waals surface area (Å²) in [7, 11) is 0. The minimum atomic E-state index is -0.0826. The summed E-state index contributed by atoms with van der Waals surface area (Å²) in [6.07, 6.45) is 0. The molecule has 1 aromatic heterocycles. The van der Waals surface area contributed by atoms with Gasteiger partial charge in [-0.1, -0.05) is 0 Å². The topological polar surface area (TPSA) is 32.5 Å². The zero-order chi connectivity index (χ0) is 13.2. The Balaban J connectivity index is 1.77. The number of piperazine rings is 1. The van der Waals surface area contributed by atoms with E-state index < -0.39 is 0 Å². The monoisotopic (exact) mass is 331 g/mol. The van der Waals surface area contributed by atoms with Crippen molar-refractivity contribution in [2.45, 2.75) is 25.9 Å². The molecule has 0 amide bonds. The Bertz CT molecular complexity index is 378. The lowest BCUT2D eigenvalue weighted by atomic mass is 10.1. The van der Waals surface area contributed by atoms with Crippen LogP contribution in [0.2, 0.25) is 0 Å². The zero-order valence-electron chi connectivity index (χ0n) is 11.2. The van der Waals surface area contributed by atoms with E-state index in [1.807, 2.05) is 11.3 Å². The third kappa shape index (κ3) is 4.63. The molecule has 102 valence electrons. The number of rotatable bonds is 4. The van der Waals surface area contributed by atoms with Gasteiger partial charge in [-0.05, 0) is 41.9 Å². The summed E-state index contributed by atoms with van der Waals surface area (Å²) in [4.78, 5) is 6.44. The molecule has 3 nitrogen and oxygen atoms in total. The largest absolute Gasteiger partial charge is 0.324 e. The fourth-order valence-electron chi connectivity index (χ4n) is 2.34. The van der Waals surface area contributed by atoms with Gasteiger partial charge >= 0.3 is 0 Å². The van der Waals surface area contributed by atoms with Gasteiger partial charge < -0.3 is 5.73 Å². The predicted molar refractivity (Wildman–Crippen MR) is 82.0 cm³/mol. The molecule has 1 aliphatic heterocycles. The molecule has 2 N–H and O–H groups in total. The van der Waals surface area contributed by atoms with Crippen LogP contribution < -0.4 is 5.73 Å². The van der Waals surface area contributed by atoms with Crippen molar-refractivity contribution in [2.24, 2.45) is 5.73 Å². The van der Waals surface area contributed by atoms with Gasteiger partial charge in [-0.2, -0.15) is 0 Å². The number of nitrogens with two attached hydrogens (primary N) is 1. The summed E-state index contributed by atoms with van der Waals surface area (Å²) < 4.78 is 1.22. The van der Waals surface area contributed by atoms with E-state index in [4.69, 9.17) is 5.73 Å². The van der Waals surface area contributed by atoms with Gasteiger partial charge in [0.2, 0.25) is 0 Å². The van der Waals surface area contributed by atoms with Crippen LogP contribution in [0.4, 0.5) is 0 Å². The molecule has 0 unspecified atom stereocenters. The van der Waals surface area contributed by atoms with Crippen molar-refractivity contribution in [1.82, 2.24) is 9.80 Å². The Morgan fingerprint density at radius 2 is 1.83 bits per heavy atom. The second kappa shape index (κ2) is 6.01. The highest BCUT2D eigenvalue weighted by Crippen LogP contribution is 2.23. The van der Waals surface area contributed by atoms with Crippen LogP contribution >= 0.6 is 27.3 Å². The van der Waals surface area contributed by atoms with Gasteiger partial charge in [0.25, 0.3) is 0 Å². The van der Waals surface area contributed by atoms with Crippen molar-refractivity contribution < 1.29 is 0 Å². The van der Waals surface area contributed by atoms with Gasteiger partial charge in [0.05, 0.1) is 3.79 Å². The number of halogens is 1. The fraction of sp³-hybridized carbons (Fsp3) is 0.692. The highest BCUT2D eigenvalue weighted by molar-refractivity contribution is 9.11. The van der Waals surface area contributed by atoms with Crippen LogP contribution in [0.25, 0.3) is 0 Å². The normalized spacial score (nSPS) is 19.3. The van der Waals surface area contributed by atoms with Gasteiger partial charge in [0.1, 0.15) is 0 Å². The molecule has 1 aliphatic rings. The van der Waals surface area contributed by atoms with E-state index in [9.17, 15) is 0 Å². The molecule has 0 atom stereocenters. The van der Waals surface area contributed by atoms with Crippen molar-refractivity contribution >= 4 is 27.3 Å². The van der Waals surface area contributed by atoms with E-state index in [1.54, 1.807) is 0 Å². The summed E-state index contributed by atoms with van der Waals surface area (Å²) in [5.41, 5.74) is 5.99. The summed E-state index contributed by atoms with van der Waals surface area (Å²) in [6, 6.07) is 4.34. The smallest absolute Gasteiger partial charge is 0.0701 e. The van der Waals surface area contributed by atoms with E-state index in [2.05, 4.69) is 51.7 Å². The Labute approximate surface area is 122 Å².